The molecule has 0 bridgehead atoms. The van der Waals surface area contributed by atoms with Gasteiger partial charge in [0.15, 0.2) is 0 Å². The van der Waals surface area contributed by atoms with Crippen LogP contribution in [0.5, 0.6) is 0 Å². The summed E-state index contributed by atoms with van der Waals surface area (Å²) in [4.78, 5) is 22.4. The number of amides is 2. The minimum absolute atomic E-state index is 0.0764. The monoisotopic (exact) mass is 198 g/mol. The van der Waals surface area contributed by atoms with Crippen molar-refractivity contribution >= 4 is 11.8 Å². The van der Waals surface area contributed by atoms with Crippen molar-refractivity contribution in [3.63, 3.8) is 0 Å². The molecule has 0 aromatic heterocycles. The van der Waals surface area contributed by atoms with Crippen LogP contribution in [0.4, 0.5) is 0 Å². The minimum Gasteiger partial charge on any atom is -0.359 e. The molecule has 1 saturated carbocycles. The summed E-state index contributed by atoms with van der Waals surface area (Å²) in [6.45, 7) is 1.83. The fraction of sp³-hybridized carbons (Fsp3) is 0.800. The van der Waals surface area contributed by atoms with Gasteiger partial charge in [0, 0.05) is 25.4 Å². The smallest absolute Gasteiger partial charge is 0.222 e. The predicted molar refractivity (Wildman–Crippen MR) is 53.6 cm³/mol. The van der Waals surface area contributed by atoms with Crippen LogP contribution in [-0.2, 0) is 9.59 Å². The number of hydrogen-bond donors (Lipinski definition) is 2. The van der Waals surface area contributed by atoms with Crippen LogP contribution in [0.15, 0.2) is 0 Å². The number of nitrogens with one attached hydrogen (secondary N) is 2. The highest BCUT2D eigenvalue weighted by Crippen LogP contribution is 2.25. The third-order valence-electron chi connectivity index (χ3n) is 2.74. The van der Waals surface area contributed by atoms with Gasteiger partial charge in [-0.2, -0.15) is 0 Å². The second kappa shape index (κ2) is 4.98. The lowest BCUT2D eigenvalue weighted by molar-refractivity contribution is -0.125. The SMILES string of the molecule is CCC(=O)N[C@H]1CC[C@@H](C(=O)NC)C1. The summed E-state index contributed by atoms with van der Waals surface area (Å²) in [7, 11) is 1.65. The fourth-order valence-corrected chi connectivity index (χ4v) is 1.88. The van der Waals surface area contributed by atoms with E-state index in [1.807, 2.05) is 6.92 Å². The Bertz CT molecular complexity index is 228. The number of rotatable bonds is 3. The molecule has 1 aliphatic carbocycles. The fourth-order valence-electron chi connectivity index (χ4n) is 1.88. The number of hydrogen-bond acceptors (Lipinski definition) is 2. The molecule has 2 atom stereocenters. The molecule has 1 fully saturated rings. The first-order valence-corrected chi connectivity index (χ1v) is 5.18. The molecule has 1 aliphatic rings. The first-order valence-electron chi connectivity index (χ1n) is 5.18. The molecule has 4 heteroatoms. The second-order valence-electron chi connectivity index (χ2n) is 3.74. The van der Waals surface area contributed by atoms with Crippen molar-refractivity contribution in [2.75, 3.05) is 7.05 Å². The quantitative estimate of drug-likeness (QED) is 0.690. The van der Waals surface area contributed by atoms with Crippen LogP contribution in [0, 0.1) is 5.92 Å². The summed E-state index contributed by atoms with van der Waals surface area (Å²) >= 11 is 0. The minimum atomic E-state index is 0.0764. The maximum absolute atomic E-state index is 11.3. The molecular formula is C10H18N2O2. The van der Waals surface area contributed by atoms with Gasteiger partial charge < -0.3 is 10.6 Å². The van der Waals surface area contributed by atoms with Gasteiger partial charge in [0.05, 0.1) is 0 Å². The van der Waals surface area contributed by atoms with Gasteiger partial charge in [0.1, 0.15) is 0 Å². The molecule has 0 aromatic rings. The van der Waals surface area contributed by atoms with Crippen LogP contribution in [0.2, 0.25) is 0 Å². The van der Waals surface area contributed by atoms with E-state index in [0.29, 0.717) is 6.42 Å². The molecule has 0 saturated heterocycles. The number of carbonyl (C=O) groups is 2. The Morgan fingerprint density at radius 1 is 1.36 bits per heavy atom. The molecule has 0 unspecified atom stereocenters. The second-order valence-corrected chi connectivity index (χ2v) is 3.74. The Kier molecular flexibility index (Phi) is 3.92. The van der Waals surface area contributed by atoms with E-state index in [-0.39, 0.29) is 23.8 Å². The van der Waals surface area contributed by atoms with Crippen molar-refractivity contribution in [2.45, 2.75) is 38.6 Å². The summed E-state index contributed by atoms with van der Waals surface area (Å²) in [6, 6.07) is 0.199. The van der Waals surface area contributed by atoms with Gasteiger partial charge in [-0.3, -0.25) is 9.59 Å². The largest absolute Gasteiger partial charge is 0.359 e. The molecule has 2 N–H and O–H groups in total. The van der Waals surface area contributed by atoms with Crippen molar-refractivity contribution in [1.29, 1.82) is 0 Å². The van der Waals surface area contributed by atoms with Crippen molar-refractivity contribution in [3.05, 3.63) is 0 Å². The molecule has 80 valence electrons. The molecule has 2 amide bonds. The highest BCUT2D eigenvalue weighted by molar-refractivity contribution is 5.79. The first kappa shape index (κ1) is 11.0. The zero-order valence-corrected chi connectivity index (χ0v) is 8.80. The van der Waals surface area contributed by atoms with Gasteiger partial charge in [-0.1, -0.05) is 6.92 Å². The van der Waals surface area contributed by atoms with Gasteiger partial charge in [-0.05, 0) is 19.3 Å². The first-order chi connectivity index (χ1) is 6.67. The highest BCUT2D eigenvalue weighted by Gasteiger charge is 2.29. The van der Waals surface area contributed by atoms with E-state index in [0.717, 1.165) is 19.3 Å². The molecule has 1 rings (SSSR count). The van der Waals surface area contributed by atoms with Crippen molar-refractivity contribution in [3.8, 4) is 0 Å². The third-order valence-corrected chi connectivity index (χ3v) is 2.74. The Morgan fingerprint density at radius 2 is 2.07 bits per heavy atom. The van der Waals surface area contributed by atoms with Gasteiger partial charge in [-0.15, -0.1) is 0 Å². The molecule has 0 radical (unpaired) electrons. The van der Waals surface area contributed by atoms with Crippen LogP contribution in [0.3, 0.4) is 0 Å². The Balaban J connectivity index is 2.34. The topological polar surface area (TPSA) is 58.2 Å². The molecule has 0 heterocycles. The summed E-state index contributed by atoms with van der Waals surface area (Å²) in [6.07, 6.45) is 3.10. The van der Waals surface area contributed by atoms with E-state index in [4.69, 9.17) is 0 Å². The van der Waals surface area contributed by atoms with E-state index >= 15 is 0 Å². The van der Waals surface area contributed by atoms with Gasteiger partial charge in [0.2, 0.25) is 11.8 Å². The zero-order valence-electron chi connectivity index (χ0n) is 8.80. The van der Waals surface area contributed by atoms with Gasteiger partial charge >= 0.3 is 0 Å². The summed E-state index contributed by atoms with van der Waals surface area (Å²) in [5, 5.41) is 5.56. The van der Waals surface area contributed by atoms with Gasteiger partial charge in [0.25, 0.3) is 0 Å². The van der Waals surface area contributed by atoms with Crippen LogP contribution in [0.25, 0.3) is 0 Å². The molecule has 0 spiro atoms. The van der Waals surface area contributed by atoms with Crippen LogP contribution >= 0.6 is 0 Å². The van der Waals surface area contributed by atoms with E-state index < -0.39 is 0 Å². The van der Waals surface area contributed by atoms with Gasteiger partial charge in [-0.25, -0.2) is 0 Å². The van der Waals surface area contributed by atoms with E-state index in [2.05, 4.69) is 10.6 Å². The predicted octanol–water partition coefficient (Wildman–Crippen LogP) is 0.427. The lowest BCUT2D eigenvalue weighted by Crippen LogP contribution is -2.33. The summed E-state index contributed by atoms with van der Waals surface area (Å²) in [5.74, 6) is 0.257. The van der Waals surface area contributed by atoms with Crippen LogP contribution < -0.4 is 10.6 Å². The lowest BCUT2D eigenvalue weighted by Gasteiger charge is -2.11. The highest BCUT2D eigenvalue weighted by atomic mass is 16.2. The van der Waals surface area contributed by atoms with E-state index in [1.54, 1.807) is 7.05 Å². The third kappa shape index (κ3) is 2.72. The maximum Gasteiger partial charge on any atom is 0.222 e. The standard InChI is InChI=1S/C10H18N2O2/c1-3-9(13)12-8-5-4-7(6-8)10(14)11-2/h7-8H,3-6H2,1-2H3,(H,11,14)(H,12,13)/t7-,8+/m1/s1. The maximum atomic E-state index is 11.3. The summed E-state index contributed by atoms with van der Waals surface area (Å²) < 4.78 is 0. The average molecular weight is 198 g/mol. The van der Waals surface area contributed by atoms with Crippen LogP contribution in [0.1, 0.15) is 32.6 Å². The normalized spacial score (nSPS) is 25.9. The van der Waals surface area contributed by atoms with Crippen molar-refractivity contribution < 1.29 is 9.59 Å². The molecule has 0 aromatic carbocycles. The molecule has 0 aliphatic heterocycles. The Hall–Kier alpha value is -1.06. The van der Waals surface area contributed by atoms with E-state index in [9.17, 15) is 9.59 Å². The Labute approximate surface area is 84.4 Å². The summed E-state index contributed by atoms with van der Waals surface area (Å²) in [5.41, 5.74) is 0. The van der Waals surface area contributed by atoms with Crippen molar-refractivity contribution in [2.24, 2.45) is 5.92 Å². The number of carbonyl (C=O) groups excluding carboxylic acids is 2. The zero-order chi connectivity index (χ0) is 10.6. The van der Waals surface area contributed by atoms with Crippen molar-refractivity contribution in [1.82, 2.24) is 10.6 Å². The Morgan fingerprint density at radius 3 is 2.64 bits per heavy atom. The average Bonchev–Trinajstić information content (AvgIpc) is 2.65. The molecular weight excluding hydrogens is 180 g/mol. The van der Waals surface area contributed by atoms with E-state index in [1.165, 1.54) is 0 Å². The molecule has 4 nitrogen and oxygen atoms in total. The lowest BCUT2D eigenvalue weighted by atomic mass is 10.1. The van der Waals surface area contributed by atoms with Crippen LogP contribution in [-0.4, -0.2) is 24.9 Å². The molecule has 14 heavy (non-hydrogen) atoms.